The molecule has 0 aliphatic carbocycles. The Kier molecular flexibility index (Phi) is 5.30. The van der Waals surface area contributed by atoms with Gasteiger partial charge in [-0.2, -0.15) is 21.7 Å². The highest BCUT2D eigenvalue weighted by molar-refractivity contribution is 7.98. The van der Waals surface area contributed by atoms with E-state index in [1.807, 2.05) is 18.8 Å². The third-order valence-corrected chi connectivity index (χ3v) is 3.28. The fourth-order valence-corrected chi connectivity index (χ4v) is 1.99. The fourth-order valence-electron chi connectivity index (χ4n) is 1.42. The number of nitrogen functional groups attached to an aromatic ring is 2. The van der Waals surface area contributed by atoms with Gasteiger partial charge in [-0.15, -0.1) is 0 Å². The summed E-state index contributed by atoms with van der Waals surface area (Å²) in [5, 5.41) is 0. The SMILES string of the molecule is CSCCC(C)N(C)c1cc(NN)nc(N)n1. The molecule has 1 heterocycles. The predicted octanol–water partition coefficient (Wildman–Crippen LogP) is 0.922. The number of hydrogen-bond acceptors (Lipinski definition) is 7. The molecule has 0 saturated heterocycles. The van der Waals surface area contributed by atoms with Crippen LogP contribution < -0.4 is 21.9 Å². The van der Waals surface area contributed by atoms with E-state index in [2.05, 4.69) is 33.5 Å². The van der Waals surface area contributed by atoms with Crippen molar-refractivity contribution in [3.8, 4) is 0 Å². The summed E-state index contributed by atoms with van der Waals surface area (Å²) in [5.74, 6) is 7.97. The Morgan fingerprint density at radius 1 is 1.53 bits per heavy atom. The van der Waals surface area contributed by atoms with E-state index in [4.69, 9.17) is 11.6 Å². The van der Waals surface area contributed by atoms with Crippen LogP contribution in [0.15, 0.2) is 6.07 Å². The topological polar surface area (TPSA) is 93.1 Å². The van der Waals surface area contributed by atoms with Gasteiger partial charge < -0.3 is 16.1 Å². The minimum atomic E-state index is 0.222. The molecule has 1 rings (SSSR count). The molecule has 1 atom stereocenters. The Morgan fingerprint density at radius 3 is 2.82 bits per heavy atom. The molecule has 6 nitrogen and oxygen atoms in total. The zero-order valence-electron chi connectivity index (χ0n) is 10.5. The second-order valence-corrected chi connectivity index (χ2v) is 4.84. The molecule has 0 saturated carbocycles. The van der Waals surface area contributed by atoms with Crippen LogP contribution in [0, 0.1) is 0 Å². The van der Waals surface area contributed by atoms with Gasteiger partial charge in [0.15, 0.2) is 0 Å². The van der Waals surface area contributed by atoms with Gasteiger partial charge in [0.1, 0.15) is 11.6 Å². The first-order valence-electron chi connectivity index (χ1n) is 5.41. The maximum Gasteiger partial charge on any atom is 0.223 e. The van der Waals surface area contributed by atoms with E-state index in [-0.39, 0.29) is 5.95 Å². The number of nitrogens with one attached hydrogen (secondary N) is 1. The van der Waals surface area contributed by atoms with Crippen LogP contribution in [0.1, 0.15) is 13.3 Å². The lowest BCUT2D eigenvalue weighted by Gasteiger charge is -2.26. The predicted molar refractivity (Wildman–Crippen MR) is 75.1 cm³/mol. The fraction of sp³-hybridized carbons (Fsp3) is 0.600. The summed E-state index contributed by atoms with van der Waals surface area (Å²) in [7, 11) is 1.99. The number of rotatable bonds is 6. The van der Waals surface area contributed by atoms with E-state index in [0.29, 0.717) is 11.9 Å². The molecule has 0 fully saturated rings. The van der Waals surface area contributed by atoms with Gasteiger partial charge in [0.25, 0.3) is 0 Å². The molecule has 0 amide bonds. The number of nitrogens with zero attached hydrogens (tertiary/aromatic N) is 3. The van der Waals surface area contributed by atoms with Gasteiger partial charge in [-0.25, -0.2) is 5.84 Å². The Labute approximate surface area is 106 Å². The molecule has 7 heteroatoms. The maximum atomic E-state index is 5.62. The Balaban J connectivity index is 2.80. The van der Waals surface area contributed by atoms with E-state index < -0.39 is 0 Å². The van der Waals surface area contributed by atoms with E-state index in [1.54, 1.807) is 6.07 Å². The highest BCUT2D eigenvalue weighted by atomic mass is 32.2. The number of nitrogens with two attached hydrogens (primary N) is 2. The van der Waals surface area contributed by atoms with Crippen molar-refractivity contribution in [1.29, 1.82) is 0 Å². The summed E-state index contributed by atoms with van der Waals surface area (Å²) in [6.07, 6.45) is 3.19. The first-order chi connectivity index (χ1) is 8.08. The first-order valence-corrected chi connectivity index (χ1v) is 6.80. The number of anilines is 3. The van der Waals surface area contributed by atoms with Crippen LogP contribution in [-0.2, 0) is 0 Å². The highest BCUT2D eigenvalue weighted by Crippen LogP contribution is 2.18. The van der Waals surface area contributed by atoms with Gasteiger partial charge in [-0.1, -0.05) is 0 Å². The molecule has 0 spiro atoms. The first kappa shape index (κ1) is 13.9. The molecule has 17 heavy (non-hydrogen) atoms. The molecule has 96 valence electrons. The Hall–Kier alpha value is -1.21. The molecule has 0 bridgehead atoms. The van der Waals surface area contributed by atoms with E-state index >= 15 is 0 Å². The van der Waals surface area contributed by atoms with Crippen molar-refractivity contribution in [3.05, 3.63) is 6.07 Å². The van der Waals surface area contributed by atoms with Crippen LogP contribution >= 0.6 is 11.8 Å². The van der Waals surface area contributed by atoms with Crippen molar-refractivity contribution in [3.63, 3.8) is 0 Å². The summed E-state index contributed by atoms with van der Waals surface area (Å²) in [6, 6.07) is 2.17. The van der Waals surface area contributed by atoms with Crippen LogP contribution in [0.4, 0.5) is 17.6 Å². The molecule has 5 N–H and O–H groups in total. The molecule has 1 unspecified atom stereocenters. The second-order valence-electron chi connectivity index (χ2n) is 3.86. The summed E-state index contributed by atoms with van der Waals surface area (Å²) >= 11 is 1.84. The van der Waals surface area contributed by atoms with Gasteiger partial charge >= 0.3 is 0 Å². The monoisotopic (exact) mass is 256 g/mol. The van der Waals surface area contributed by atoms with Gasteiger partial charge in [0.05, 0.1) is 0 Å². The highest BCUT2D eigenvalue weighted by Gasteiger charge is 2.12. The summed E-state index contributed by atoms with van der Waals surface area (Å²) < 4.78 is 0. The van der Waals surface area contributed by atoms with Crippen molar-refractivity contribution >= 4 is 29.3 Å². The van der Waals surface area contributed by atoms with Crippen molar-refractivity contribution in [2.45, 2.75) is 19.4 Å². The Morgan fingerprint density at radius 2 is 2.24 bits per heavy atom. The minimum Gasteiger partial charge on any atom is -0.368 e. The lowest BCUT2D eigenvalue weighted by molar-refractivity contribution is 0.662. The van der Waals surface area contributed by atoms with E-state index in [0.717, 1.165) is 18.0 Å². The average molecular weight is 256 g/mol. The molecule has 1 aromatic heterocycles. The number of aromatic nitrogens is 2. The Bertz CT molecular complexity index is 359. The average Bonchev–Trinajstić information content (AvgIpc) is 2.34. The van der Waals surface area contributed by atoms with Crippen LogP contribution in [0.5, 0.6) is 0 Å². The van der Waals surface area contributed by atoms with Crippen LogP contribution in [-0.4, -0.2) is 35.1 Å². The van der Waals surface area contributed by atoms with E-state index in [1.165, 1.54) is 0 Å². The van der Waals surface area contributed by atoms with Crippen molar-refractivity contribution in [2.75, 3.05) is 35.1 Å². The molecule has 0 aliphatic heterocycles. The van der Waals surface area contributed by atoms with Crippen molar-refractivity contribution in [2.24, 2.45) is 5.84 Å². The van der Waals surface area contributed by atoms with E-state index in [9.17, 15) is 0 Å². The molecule has 0 aromatic carbocycles. The standard InChI is InChI=1S/C10H20N6S/c1-7(4-5-17-3)16(2)9-6-8(15-12)13-10(11)14-9/h6-7H,4-5,12H2,1-3H3,(H3,11,13,14,15). The molecular formula is C10H20N6S. The van der Waals surface area contributed by atoms with Crippen molar-refractivity contribution < 1.29 is 0 Å². The van der Waals surface area contributed by atoms with Gasteiger partial charge in [-0.3, -0.25) is 0 Å². The molecule has 0 radical (unpaired) electrons. The van der Waals surface area contributed by atoms with Crippen LogP contribution in [0.25, 0.3) is 0 Å². The number of hydrazine groups is 1. The quantitative estimate of drug-likeness (QED) is 0.515. The third-order valence-electron chi connectivity index (χ3n) is 2.64. The maximum absolute atomic E-state index is 5.62. The molecule has 0 aliphatic rings. The van der Waals surface area contributed by atoms with Crippen LogP contribution in [0.2, 0.25) is 0 Å². The zero-order chi connectivity index (χ0) is 12.8. The van der Waals surface area contributed by atoms with Gasteiger partial charge in [-0.05, 0) is 25.4 Å². The lowest BCUT2D eigenvalue weighted by Crippen LogP contribution is -2.30. The van der Waals surface area contributed by atoms with Gasteiger partial charge in [0, 0.05) is 19.2 Å². The number of hydrogen-bond donors (Lipinski definition) is 3. The zero-order valence-corrected chi connectivity index (χ0v) is 11.3. The number of thioether (sulfide) groups is 1. The third kappa shape index (κ3) is 3.94. The smallest absolute Gasteiger partial charge is 0.223 e. The van der Waals surface area contributed by atoms with Crippen molar-refractivity contribution in [1.82, 2.24) is 9.97 Å². The summed E-state index contributed by atoms with van der Waals surface area (Å²) in [5.41, 5.74) is 8.11. The summed E-state index contributed by atoms with van der Waals surface area (Å²) in [4.78, 5) is 10.2. The van der Waals surface area contributed by atoms with Gasteiger partial charge in [0.2, 0.25) is 5.95 Å². The lowest BCUT2D eigenvalue weighted by atomic mass is 10.2. The molecule has 1 aromatic rings. The summed E-state index contributed by atoms with van der Waals surface area (Å²) in [6.45, 7) is 2.16. The molecular weight excluding hydrogens is 236 g/mol. The van der Waals surface area contributed by atoms with Crippen LogP contribution in [0.3, 0.4) is 0 Å². The largest absolute Gasteiger partial charge is 0.368 e. The minimum absolute atomic E-state index is 0.222. The normalized spacial score (nSPS) is 12.2. The second kappa shape index (κ2) is 6.51.